The Morgan fingerprint density at radius 2 is 0.935 bits per heavy atom. The summed E-state index contributed by atoms with van der Waals surface area (Å²) in [6.45, 7) is 1.21. The van der Waals surface area contributed by atoms with Gasteiger partial charge in [-0.05, 0) is 37.5 Å². The predicted molar refractivity (Wildman–Crippen MR) is 123 cm³/mol. The molecule has 0 bridgehead atoms. The molecule has 2 heterocycles. The van der Waals surface area contributed by atoms with Crippen LogP contribution >= 0.6 is 15.2 Å². The second kappa shape index (κ2) is 11.2. The van der Waals surface area contributed by atoms with E-state index in [0.29, 0.717) is 38.8 Å². The van der Waals surface area contributed by atoms with Gasteiger partial charge in [-0.25, -0.2) is 0 Å². The lowest BCUT2D eigenvalue weighted by Crippen LogP contribution is -2.46. The van der Waals surface area contributed by atoms with Crippen molar-refractivity contribution in [3.8, 4) is 0 Å². The fraction of sp³-hybridized carbons (Fsp3) is 1.00. The predicted octanol–water partition coefficient (Wildman–Crippen LogP) is 7.17. The molecule has 0 unspecified atom stereocenters. The highest BCUT2D eigenvalue weighted by molar-refractivity contribution is 7.54. The monoisotopic (exact) mass is 476 g/mol. The molecule has 2 saturated carbocycles. The van der Waals surface area contributed by atoms with Gasteiger partial charge in [-0.3, -0.25) is 9.13 Å². The Morgan fingerprint density at radius 1 is 0.581 bits per heavy atom. The second-order valence-corrected chi connectivity index (χ2v) is 14.9. The highest BCUT2D eigenvalue weighted by Gasteiger charge is 2.48. The van der Waals surface area contributed by atoms with Gasteiger partial charge in [0.1, 0.15) is 0 Å². The first kappa shape index (κ1) is 24.4. The van der Waals surface area contributed by atoms with E-state index < -0.39 is 20.6 Å². The van der Waals surface area contributed by atoms with Gasteiger partial charge in [-0.2, -0.15) is 0 Å². The zero-order valence-electron chi connectivity index (χ0n) is 19.1. The van der Waals surface area contributed by atoms with Crippen molar-refractivity contribution in [3.05, 3.63) is 0 Å². The Morgan fingerprint density at radius 3 is 1.29 bits per heavy atom. The van der Waals surface area contributed by atoms with Crippen LogP contribution in [-0.2, 0) is 27.2 Å². The minimum atomic E-state index is -3.02. The maximum atomic E-state index is 12.9. The van der Waals surface area contributed by atoms with E-state index in [1.807, 2.05) is 0 Å². The van der Waals surface area contributed by atoms with Gasteiger partial charge in [0.15, 0.2) is 0 Å². The summed E-state index contributed by atoms with van der Waals surface area (Å²) in [6.07, 6.45) is 18.4. The zero-order chi connectivity index (χ0) is 21.6. The molecule has 2 aliphatic heterocycles. The van der Waals surface area contributed by atoms with Crippen LogP contribution in [0.25, 0.3) is 0 Å². The third-order valence-corrected chi connectivity index (χ3v) is 11.6. The number of rotatable bonds is 8. The fourth-order valence-electron chi connectivity index (χ4n) is 5.62. The molecular formula is C23H42O6P2. The average Bonchev–Trinajstić information content (AvgIpc) is 2.80. The van der Waals surface area contributed by atoms with Gasteiger partial charge in [0.2, 0.25) is 0 Å². The molecule has 4 aliphatic rings. The van der Waals surface area contributed by atoms with Crippen LogP contribution in [0.4, 0.5) is 0 Å². The lowest BCUT2D eigenvalue weighted by atomic mass is 9.86. The van der Waals surface area contributed by atoms with Crippen LogP contribution in [0.5, 0.6) is 0 Å². The van der Waals surface area contributed by atoms with Gasteiger partial charge in [0, 0.05) is 0 Å². The fourth-order valence-corrected chi connectivity index (χ4v) is 9.31. The quantitative estimate of drug-likeness (QED) is 0.346. The first-order valence-electron chi connectivity index (χ1n) is 12.7. The van der Waals surface area contributed by atoms with E-state index in [4.69, 9.17) is 18.1 Å². The van der Waals surface area contributed by atoms with Crippen molar-refractivity contribution in [2.45, 2.75) is 89.9 Å². The first-order valence-corrected chi connectivity index (χ1v) is 16.2. The summed E-state index contributed by atoms with van der Waals surface area (Å²) in [7, 11) is -6.04. The minimum absolute atomic E-state index is 0.301. The topological polar surface area (TPSA) is 71.1 Å². The molecule has 31 heavy (non-hydrogen) atoms. The molecule has 2 saturated heterocycles. The third-order valence-electron chi connectivity index (χ3n) is 7.81. The van der Waals surface area contributed by atoms with E-state index in [2.05, 4.69) is 0 Å². The Bertz CT molecular complexity index is 573. The molecular weight excluding hydrogens is 434 g/mol. The lowest BCUT2D eigenvalue weighted by Gasteiger charge is -2.43. The standard InChI is InChI=1S/C23H42O6P2/c24-30(15-7-13-21-9-3-1-4-10-21)26-17-23(18-27-30)19-28-31(25,29-20-23)16-8-14-22-11-5-2-6-12-22/h21-22H,1-20H2. The molecule has 4 rings (SSSR count). The van der Waals surface area contributed by atoms with Crippen molar-refractivity contribution in [1.82, 2.24) is 0 Å². The maximum absolute atomic E-state index is 12.9. The van der Waals surface area contributed by atoms with E-state index in [1.54, 1.807) is 0 Å². The van der Waals surface area contributed by atoms with Crippen molar-refractivity contribution in [2.24, 2.45) is 17.3 Å². The number of hydrogen-bond donors (Lipinski definition) is 0. The maximum Gasteiger partial charge on any atom is 0.330 e. The molecule has 0 atom stereocenters. The van der Waals surface area contributed by atoms with Crippen molar-refractivity contribution < 1.29 is 27.2 Å². The molecule has 1 spiro atoms. The van der Waals surface area contributed by atoms with E-state index >= 15 is 0 Å². The van der Waals surface area contributed by atoms with Gasteiger partial charge < -0.3 is 18.1 Å². The van der Waals surface area contributed by atoms with Gasteiger partial charge in [-0.15, -0.1) is 0 Å². The molecule has 0 amide bonds. The van der Waals surface area contributed by atoms with E-state index in [1.165, 1.54) is 64.2 Å². The smallest absolute Gasteiger partial charge is 0.308 e. The molecule has 0 N–H and O–H groups in total. The van der Waals surface area contributed by atoms with E-state index in [0.717, 1.165) is 37.5 Å². The molecule has 0 aromatic rings. The van der Waals surface area contributed by atoms with Crippen molar-refractivity contribution in [2.75, 3.05) is 38.8 Å². The molecule has 6 nitrogen and oxygen atoms in total. The van der Waals surface area contributed by atoms with Crippen LogP contribution < -0.4 is 0 Å². The van der Waals surface area contributed by atoms with Gasteiger partial charge in [0.25, 0.3) is 0 Å². The van der Waals surface area contributed by atoms with Crippen LogP contribution in [0, 0.1) is 17.3 Å². The highest BCUT2D eigenvalue weighted by atomic mass is 31.2. The Labute approximate surface area is 188 Å². The van der Waals surface area contributed by atoms with Crippen molar-refractivity contribution >= 4 is 15.2 Å². The molecule has 2 aliphatic carbocycles. The summed E-state index contributed by atoms with van der Waals surface area (Å²) in [6, 6.07) is 0. The summed E-state index contributed by atoms with van der Waals surface area (Å²) in [5.74, 6) is 1.56. The van der Waals surface area contributed by atoms with Gasteiger partial charge in [0.05, 0.1) is 44.2 Å². The first-order chi connectivity index (χ1) is 15.0. The third kappa shape index (κ3) is 7.14. The van der Waals surface area contributed by atoms with Crippen molar-refractivity contribution in [3.63, 3.8) is 0 Å². The summed E-state index contributed by atoms with van der Waals surface area (Å²) in [5, 5.41) is 0. The molecule has 0 aromatic carbocycles. The van der Waals surface area contributed by atoms with E-state index in [9.17, 15) is 9.13 Å². The van der Waals surface area contributed by atoms with Crippen molar-refractivity contribution in [1.29, 1.82) is 0 Å². The normalized spacial score (nSPS) is 38.5. The Kier molecular flexibility index (Phi) is 8.79. The molecule has 0 radical (unpaired) electrons. The zero-order valence-corrected chi connectivity index (χ0v) is 20.9. The van der Waals surface area contributed by atoms with Crippen LogP contribution in [0.15, 0.2) is 0 Å². The van der Waals surface area contributed by atoms with Gasteiger partial charge in [-0.1, -0.05) is 64.2 Å². The van der Waals surface area contributed by atoms with Crippen LogP contribution in [-0.4, -0.2) is 38.8 Å². The highest BCUT2D eigenvalue weighted by Crippen LogP contribution is 2.59. The SMILES string of the molecule is O=P1(CCCC2CCCCC2)OCC2(CO1)COP(=O)(CCCC1CCCCC1)OC2. The average molecular weight is 477 g/mol. The minimum Gasteiger partial charge on any atom is -0.308 e. The second-order valence-electron chi connectivity index (χ2n) is 10.6. The van der Waals surface area contributed by atoms with E-state index in [-0.39, 0.29) is 0 Å². The summed E-state index contributed by atoms with van der Waals surface area (Å²) >= 11 is 0. The molecule has 180 valence electrons. The van der Waals surface area contributed by atoms with Crippen LogP contribution in [0.2, 0.25) is 0 Å². The summed E-state index contributed by atoms with van der Waals surface area (Å²) in [4.78, 5) is 0. The number of hydrogen-bond acceptors (Lipinski definition) is 6. The lowest BCUT2D eigenvalue weighted by molar-refractivity contribution is -0.0685. The Balaban J connectivity index is 1.15. The largest absolute Gasteiger partial charge is 0.330 e. The molecule has 8 heteroatoms. The summed E-state index contributed by atoms with van der Waals surface area (Å²) in [5.41, 5.74) is -0.478. The van der Waals surface area contributed by atoms with Crippen LogP contribution in [0.3, 0.4) is 0 Å². The molecule has 0 aromatic heterocycles. The summed E-state index contributed by atoms with van der Waals surface area (Å²) < 4.78 is 48.9. The van der Waals surface area contributed by atoms with Gasteiger partial charge >= 0.3 is 15.2 Å². The Hall–Kier alpha value is 0.300. The van der Waals surface area contributed by atoms with Crippen LogP contribution in [0.1, 0.15) is 89.9 Å². The molecule has 4 fully saturated rings.